The minimum atomic E-state index is -4.00. The Bertz CT molecular complexity index is 1320. The predicted octanol–water partition coefficient (Wildman–Crippen LogP) is 3.66. The monoisotopic (exact) mass is 434 g/mol. The topological polar surface area (TPSA) is 93.7 Å². The zero-order valence-electron chi connectivity index (χ0n) is 16.3. The fourth-order valence-electron chi connectivity index (χ4n) is 3.61. The van der Waals surface area contributed by atoms with Crippen LogP contribution in [0.4, 0.5) is 11.4 Å². The van der Waals surface area contributed by atoms with Crippen LogP contribution in [0, 0.1) is 0 Å². The van der Waals surface area contributed by atoms with E-state index in [9.17, 15) is 13.2 Å². The summed E-state index contributed by atoms with van der Waals surface area (Å²) in [7, 11) is -4.00. The van der Waals surface area contributed by atoms with E-state index in [0.29, 0.717) is 41.7 Å². The highest BCUT2D eigenvalue weighted by molar-refractivity contribution is 7.97. The second kappa shape index (κ2) is 7.48. The van der Waals surface area contributed by atoms with E-state index in [1.54, 1.807) is 60.7 Å². The van der Waals surface area contributed by atoms with Gasteiger partial charge in [-0.25, -0.2) is 8.42 Å². The molecule has 156 valence electrons. The van der Waals surface area contributed by atoms with E-state index in [0.717, 1.165) is 0 Å². The molecule has 2 heterocycles. The third kappa shape index (κ3) is 3.40. The van der Waals surface area contributed by atoms with E-state index in [1.165, 1.54) is 6.07 Å². The van der Waals surface area contributed by atoms with Crippen molar-refractivity contribution in [2.45, 2.75) is 4.90 Å². The number of carbonyl (C=O) groups excluding carboxylic acids is 1. The van der Waals surface area contributed by atoms with Crippen molar-refractivity contribution >= 4 is 32.8 Å². The lowest BCUT2D eigenvalue weighted by atomic mass is 10.1. The third-order valence-corrected chi connectivity index (χ3v) is 6.85. The number of sulfone groups is 1. The fourth-order valence-corrected chi connectivity index (χ4v) is 5.27. The molecule has 8 heteroatoms. The SMILES string of the molecule is O=C(Nc1ccccc1)C1=C(Nc2ccc3c(c2)OCCO3)c2ccccc2S1(=O)=O. The first-order valence-electron chi connectivity index (χ1n) is 9.66. The maximum atomic E-state index is 13.2. The molecule has 0 aliphatic carbocycles. The molecular weight excluding hydrogens is 416 g/mol. The molecular formula is C23H18N2O5S. The standard InChI is InChI=1S/C23H18N2O5S/c26-23(25-15-6-2-1-3-7-15)22-21(17-8-4-5-9-20(17)31(22,27)28)24-16-10-11-18-19(14-16)30-13-12-29-18/h1-11,14,24H,12-13H2,(H,25,26). The predicted molar refractivity (Wildman–Crippen MR) is 117 cm³/mol. The van der Waals surface area contributed by atoms with E-state index in [4.69, 9.17) is 9.47 Å². The lowest BCUT2D eigenvalue weighted by molar-refractivity contribution is -0.112. The molecule has 1 amide bonds. The molecule has 2 N–H and O–H groups in total. The summed E-state index contributed by atoms with van der Waals surface area (Å²) in [5, 5.41) is 5.80. The van der Waals surface area contributed by atoms with Gasteiger partial charge in [0.1, 0.15) is 13.2 Å². The molecule has 5 rings (SSSR count). The first-order chi connectivity index (χ1) is 15.0. The van der Waals surface area contributed by atoms with Crippen molar-refractivity contribution in [3.05, 3.63) is 83.3 Å². The Hall–Kier alpha value is -3.78. The van der Waals surface area contributed by atoms with Gasteiger partial charge in [-0.1, -0.05) is 36.4 Å². The number of rotatable bonds is 4. The van der Waals surface area contributed by atoms with Gasteiger partial charge in [-0.15, -0.1) is 0 Å². The Morgan fingerprint density at radius 2 is 1.52 bits per heavy atom. The second-order valence-electron chi connectivity index (χ2n) is 7.01. The van der Waals surface area contributed by atoms with Crippen LogP contribution in [-0.4, -0.2) is 27.5 Å². The zero-order valence-corrected chi connectivity index (χ0v) is 17.1. The van der Waals surface area contributed by atoms with Crippen LogP contribution in [0.15, 0.2) is 82.6 Å². The van der Waals surface area contributed by atoms with Crippen molar-refractivity contribution in [2.75, 3.05) is 23.8 Å². The Balaban J connectivity index is 1.59. The maximum Gasteiger partial charge on any atom is 0.269 e. The first kappa shape index (κ1) is 19.2. The minimum absolute atomic E-state index is 0.0910. The maximum absolute atomic E-state index is 13.2. The van der Waals surface area contributed by atoms with Crippen molar-refractivity contribution in [3.63, 3.8) is 0 Å². The highest BCUT2D eigenvalue weighted by atomic mass is 32.2. The average Bonchev–Trinajstić information content (AvgIpc) is 3.01. The quantitative estimate of drug-likeness (QED) is 0.651. The number of benzene rings is 3. The summed E-state index contributed by atoms with van der Waals surface area (Å²) in [4.78, 5) is 12.9. The average molecular weight is 434 g/mol. The van der Waals surface area contributed by atoms with Gasteiger partial charge in [-0.3, -0.25) is 4.79 Å². The fraction of sp³-hybridized carbons (Fsp3) is 0.0870. The number of anilines is 2. The molecule has 7 nitrogen and oxygen atoms in total. The number of fused-ring (bicyclic) bond motifs is 2. The molecule has 2 aliphatic heterocycles. The van der Waals surface area contributed by atoms with E-state index in [2.05, 4.69) is 10.6 Å². The summed E-state index contributed by atoms with van der Waals surface area (Å²) in [5.74, 6) is 0.469. The molecule has 0 fully saturated rings. The van der Waals surface area contributed by atoms with Crippen LogP contribution in [-0.2, 0) is 14.6 Å². The first-order valence-corrected chi connectivity index (χ1v) is 11.1. The van der Waals surface area contributed by atoms with Crippen molar-refractivity contribution in [1.82, 2.24) is 0 Å². The normalized spacial score (nSPS) is 15.9. The molecule has 0 bridgehead atoms. The Kier molecular flexibility index (Phi) is 4.63. The van der Waals surface area contributed by atoms with Crippen LogP contribution in [0.1, 0.15) is 5.56 Å². The molecule has 0 aromatic heterocycles. The Morgan fingerprint density at radius 1 is 0.806 bits per heavy atom. The number of ether oxygens (including phenoxy) is 2. The van der Waals surface area contributed by atoms with Crippen LogP contribution in [0.25, 0.3) is 5.70 Å². The van der Waals surface area contributed by atoms with Crippen LogP contribution < -0.4 is 20.1 Å². The molecule has 0 radical (unpaired) electrons. The van der Waals surface area contributed by atoms with Gasteiger partial charge in [-0.2, -0.15) is 0 Å². The largest absolute Gasteiger partial charge is 0.486 e. The smallest absolute Gasteiger partial charge is 0.269 e. The van der Waals surface area contributed by atoms with Crippen LogP contribution >= 0.6 is 0 Å². The van der Waals surface area contributed by atoms with Gasteiger partial charge in [0.2, 0.25) is 9.84 Å². The van der Waals surface area contributed by atoms with E-state index in [-0.39, 0.29) is 15.5 Å². The Labute approximate surface area is 179 Å². The van der Waals surface area contributed by atoms with Gasteiger partial charge < -0.3 is 20.1 Å². The van der Waals surface area contributed by atoms with Crippen LogP contribution in [0.3, 0.4) is 0 Å². The molecule has 0 unspecified atom stereocenters. The number of amides is 1. The second-order valence-corrected chi connectivity index (χ2v) is 8.86. The molecule has 3 aromatic carbocycles. The molecule has 0 atom stereocenters. The summed E-state index contributed by atoms with van der Waals surface area (Å²) in [6.45, 7) is 0.904. The molecule has 3 aromatic rings. The summed E-state index contributed by atoms with van der Waals surface area (Å²) in [6.07, 6.45) is 0. The number of hydrogen-bond donors (Lipinski definition) is 2. The van der Waals surface area contributed by atoms with Gasteiger partial charge in [0.05, 0.1) is 10.6 Å². The lowest BCUT2D eigenvalue weighted by Crippen LogP contribution is -2.20. The highest BCUT2D eigenvalue weighted by Gasteiger charge is 2.40. The van der Waals surface area contributed by atoms with Gasteiger partial charge in [0.15, 0.2) is 16.4 Å². The van der Waals surface area contributed by atoms with Crippen molar-refractivity contribution in [3.8, 4) is 11.5 Å². The lowest BCUT2D eigenvalue weighted by Gasteiger charge is -2.19. The van der Waals surface area contributed by atoms with Gasteiger partial charge in [0, 0.05) is 23.0 Å². The van der Waals surface area contributed by atoms with E-state index < -0.39 is 15.7 Å². The summed E-state index contributed by atoms with van der Waals surface area (Å²) in [6, 6.07) is 20.5. The Morgan fingerprint density at radius 3 is 2.32 bits per heavy atom. The summed E-state index contributed by atoms with van der Waals surface area (Å²) in [5.41, 5.74) is 1.75. The highest BCUT2D eigenvalue weighted by Crippen LogP contribution is 2.41. The van der Waals surface area contributed by atoms with E-state index >= 15 is 0 Å². The molecule has 0 saturated heterocycles. The number of nitrogens with one attached hydrogen (secondary N) is 2. The van der Waals surface area contributed by atoms with Crippen LogP contribution in [0.2, 0.25) is 0 Å². The summed E-state index contributed by atoms with van der Waals surface area (Å²) >= 11 is 0. The minimum Gasteiger partial charge on any atom is -0.486 e. The van der Waals surface area contributed by atoms with Crippen molar-refractivity contribution in [2.24, 2.45) is 0 Å². The van der Waals surface area contributed by atoms with Crippen molar-refractivity contribution < 1.29 is 22.7 Å². The molecule has 31 heavy (non-hydrogen) atoms. The van der Waals surface area contributed by atoms with Gasteiger partial charge in [-0.05, 0) is 30.3 Å². The molecule has 2 aliphatic rings. The van der Waals surface area contributed by atoms with Crippen molar-refractivity contribution in [1.29, 1.82) is 0 Å². The summed E-state index contributed by atoms with van der Waals surface area (Å²) < 4.78 is 37.6. The molecule has 0 spiro atoms. The third-order valence-electron chi connectivity index (χ3n) is 4.99. The van der Waals surface area contributed by atoms with Crippen LogP contribution in [0.5, 0.6) is 11.5 Å². The number of para-hydroxylation sites is 1. The number of carbonyl (C=O) groups is 1. The van der Waals surface area contributed by atoms with E-state index in [1.807, 2.05) is 6.07 Å². The number of hydrogen-bond acceptors (Lipinski definition) is 6. The van der Waals surface area contributed by atoms with Gasteiger partial charge in [0.25, 0.3) is 5.91 Å². The molecule has 0 saturated carbocycles. The van der Waals surface area contributed by atoms with Gasteiger partial charge >= 0.3 is 0 Å². The zero-order chi connectivity index (χ0) is 21.4.